The molecule has 0 atom stereocenters. The van der Waals surface area contributed by atoms with E-state index in [1.165, 1.54) is 5.38 Å². The molecular formula is C8H6N4O3S2. The van der Waals surface area contributed by atoms with E-state index in [1.807, 2.05) is 0 Å². The lowest BCUT2D eigenvalue weighted by Crippen LogP contribution is -2.12. The van der Waals surface area contributed by atoms with Crippen LogP contribution in [0.25, 0.3) is 0 Å². The van der Waals surface area contributed by atoms with E-state index in [1.54, 1.807) is 6.92 Å². The van der Waals surface area contributed by atoms with Gasteiger partial charge in [0.2, 0.25) is 10.1 Å². The van der Waals surface area contributed by atoms with Gasteiger partial charge in [-0.15, -0.1) is 11.3 Å². The van der Waals surface area contributed by atoms with E-state index in [0.717, 1.165) is 22.9 Å². The quantitative estimate of drug-likeness (QED) is 0.869. The summed E-state index contributed by atoms with van der Waals surface area (Å²) in [6, 6.07) is 0. The largest absolute Gasteiger partial charge is 0.476 e. The fourth-order valence-electron chi connectivity index (χ4n) is 0.985. The number of carboxylic acid groups (broad SMARTS) is 1. The number of anilines is 1. The molecule has 0 aromatic carbocycles. The summed E-state index contributed by atoms with van der Waals surface area (Å²) in [6.07, 6.45) is 0. The second-order valence-corrected chi connectivity index (χ2v) is 4.55. The molecular weight excluding hydrogens is 264 g/mol. The van der Waals surface area contributed by atoms with E-state index in [4.69, 9.17) is 5.11 Å². The Labute approximate surface area is 103 Å². The number of thiazole rings is 1. The normalized spacial score (nSPS) is 10.2. The first-order valence-corrected chi connectivity index (χ1v) is 6.02. The zero-order valence-electron chi connectivity index (χ0n) is 8.50. The first-order valence-electron chi connectivity index (χ1n) is 4.37. The fraction of sp³-hybridized carbons (Fsp3) is 0.125. The SMILES string of the molecule is Cc1nsc(NC(=O)c2csc(C(=O)O)n2)n1. The second-order valence-electron chi connectivity index (χ2n) is 2.94. The molecule has 0 aliphatic carbocycles. The molecule has 0 bridgehead atoms. The van der Waals surface area contributed by atoms with Crippen molar-refractivity contribution in [2.45, 2.75) is 6.92 Å². The first kappa shape index (κ1) is 11.6. The van der Waals surface area contributed by atoms with E-state index < -0.39 is 11.9 Å². The molecule has 2 aromatic heterocycles. The van der Waals surface area contributed by atoms with Crippen LogP contribution in [0.1, 0.15) is 26.1 Å². The summed E-state index contributed by atoms with van der Waals surface area (Å²) >= 11 is 1.95. The van der Waals surface area contributed by atoms with Gasteiger partial charge >= 0.3 is 5.97 Å². The van der Waals surface area contributed by atoms with Gasteiger partial charge in [-0.25, -0.2) is 14.8 Å². The molecule has 1 amide bonds. The highest BCUT2D eigenvalue weighted by molar-refractivity contribution is 7.12. The number of rotatable bonds is 3. The summed E-state index contributed by atoms with van der Waals surface area (Å²) in [6.45, 7) is 1.71. The summed E-state index contributed by atoms with van der Waals surface area (Å²) < 4.78 is 3.90. The molecule has 17 heavy (non-hydrogen) atoms. The topological polar surface area (TPSA) is 105 Å². The average Bonchev–Trinajstić information content (AvgIpc) is 2.86. The molecule has 2 rings (SSSR count). The minimum Gasteiger partial charge on any atom is -0.476 e. The van der Waals surface area contributed by atoms with Gasteiger partial charge in [0.1, 0.15) is 11.5 Å². The molecule has 0 unspecified atom stereocenters. The fourth-order valence-corrected chi connectivity index (χ4v) is 2.19. The van der Waals surface area contributed by atoms with Crippen molar-refractivity contribution in [2.24, 2.45) is 0 Å². The van der Waals surface area contributed by atoms with Crippen molar-refractivity contribution < 1.29 is 14.7 Å². The van der Waals surface area contributed by atoms with Crippen molar-refractivity contribution >= 4 is 39.9 Å². The van der Waals surface area contributed by atoms with Crippen molar-refractivity contribution in [1.29, 1.82) is 0 Å². The molecule has 2 heterocycles. The van der Waals surface area contributed by atoms with E-state index in [2.05, 4.69) is 19.7 Å². The van der Waals surface area contributed by atoms with Gasteiger partial charge in [-0.05, 0) is 6.92 Å². The van der Waals surface area contributed by atoms with Crippen LogP contribution in [0.15, 0.2) is 5.38 Å². The van der Waals surface area contributed by atoms with Crippen LogP contribution in [0.5, 0.6) is 0 Å². The molecule has 88 valence electrons. The molecule has 7 nitrogen and oxygen atoms in total. The van der Waals surface area contributed by atoms with E-state index in [0.29, 0.717) is 11.0 Å². The minimum atomic E-state index is -1.15. The van der Waals surface area contributed by atoms with Crippen molar-refractivity contribution in [3.63, 3.8) is 0 Å². The lowest BCUT2D eigenvalue weighted by Gasteiger charge is -1.95. The third-order valence-electron chi connectivity index (χ3n) is 1.67. The highest BCUT2D eigenvalue weighted by Gasteiger charge is 2.15. The molecule has 2 aromatic rings. The van der Waals surface area contributed by atoms with Crippen LogP contribution in [0.3, 0.4) is 0 Å². The molecule has 0 saturated carbocycles. The number of nitrogens with one attached hydrogen (secondary N) is 1. The summed E-state index contributed by atoms with van der Waals surface area (Å²) in [5.41, 5.74) is 0.0558. The predicted octanol–water partition coefficient (Wildman–Crippen LogP) is 1.25. The number of carbonyl (C=O) groups is 2. The predicted molar refractivity (Wildman–Crippen MR) is 61.7 cm³/mol. The maximum absolute atomic E-state index is 11.6. The smallest absolute Gasteiger partial charge is 0.365 e. The summed E-state index contributed by atoms with van der Waals surface area (Å²) in [4.78, 5) is 29.9. The molecule has 9 heteroatoms. The van der Waals surface area contributed by atoms with Gasteiger partial charge in [0.25, 0.3) is 5.91 Å². The number of hydrogen-bond acceptors (Lipinski definition) is 7. The van der Waals surface area contributed by atoms with Crippen molar-refractivity contribution in [3.05, 3.63) is 21.9 Å². The second kappa shape index (κ2) is 4.55. The van der Waals surface area contributed by atoms with Crippen LogP contribution in [-0.4, -0.2) is 31.3 Å². The number of carboxylic acids is 1. The number of hydrogen-bond donors (Lipinski definition) is 2. The Morgan fingerprint density at radius 2 is 2.18 bits per heavy atom. The Morgan fingerprint density at radius 3 is 2.71 bits per heavy atom. The number of amides is 1. The average molecular weight is 270 g/mol. The zero-order chi connectivity index (χ0) is 12.4. The Kier molecular flexibility index (Phi) is 3.11. The molecule has 0 radical (unpaired) electrons. The van der Waals surface area contributed by atoms with Gasteiger partial charge < -0.3 is 5.11 Å². The number of aryl methyl sites for hydroxylation is 1. The van der Waals surface area contributed by atoms with Crippen molar-refractivity contribution in [2.75, 3.05) is 5.32 Å². The molecule has 0 fully saturated rings. The zero-order valence-corrected chi connectivity index (χ0v) is 10.1. The molecule has 2 N–H and O–H groups in total. The number of carbonyl (C=O) groups excluding carboxylic acids is 1. The monoisotopic (exact) mass is 270 g/mol. The van der Waals surface area contributed by atoms with Crippen LogP contribution < -0.4 is 5.32 Å². The van der Waals surface area contributed by atoms with Gasteiger partial charge in [-0.3, -0.25) is 10.1 Å². The number of aromatic carboxylic acids is 1. The Hall–Kier alpha value is -1.87. The van der Waals surface area contributed by atoms with Crippen LogP contribution in [0.4, 0.5) is 5.13 Å². The van der Waals surface area contributed by atoms with Gasteiger partial charge in [-0.2, -0.15) is 4.37 Å². The first-order chi connectivity index (χ1) is 8.06. The van der Waals surface area contributed by atoms with E-state index in [9.17, 15) is 9.59 Å². The Bertz CT molecular complexity index is 577. The van der Waals surface area contributed by atoms with E-state index >= 15 is 0 Å². The molecule has 0 aliphatic rings. The van der Waals surface area contributed by atoms with Crippen LogP contribution in [-0.2, 0) is 0 Å². The summed E-state index contributed by atoms with van der Waals surface area (Å²) in [5, 5.41) is 12.8. The van der Waals surface area contributed by atoms with Crippen LogP contribution in [0.2, 0.25) is 0 Å². The van der Waals surface area contributed by atoms with Crippen molar-refractivity contribution in [3.8, 4) is 0 Å². The maximum Gasteiger partial charge on any atom is 0.365 e. The Balaban J connectivity index is 2.11. The van der Waals surface area contributed by atoms with Gasteiger partial charge in [0.05, 0.1) is 0 Å². The standard InChI is InChI=1S/C8H6N4O3S2/c1-3-9-8(17-12-3)11-5(13)4-2-16-6(10-4)7(14)15/h2H,1H3,(H,14,15)(H,9,11,12,13). The summed E-state index contributed by atoms with van der Waals surface area (Å²) in [7, 11) is 0. The van der Waals surface area contributed by atoms with Gasteiger partial charge in [0.15, 0.2) is 0 Å². The van der Waals surface area contributed by atoms with Crippen molar-refractivity contribution in [1.82, 2.24) is 14.3 Å². The lowest BCUT2D eigenvalue weighted by molar-refractivity contribution is 0.0696. The van der Waals surface area contributed by atoms with Gasteiger partial charge in [-0.1, -0.05) is 0 Å². The molecule has 0 aliphatic heterocycles. The lowest BCUT2D eigenvalue weighted by atomic mass is 10.4. The highest BCUT2D eigenvalue weighted by atomic mass is 32.1. The number of aromatic nitrogens is 3. The van der Waals surface area contributed by atoms with Gasteiger partial charge in [0, 0.05) is 16.9 Å². The third-order valence-corrected chi connectivity index (χ3v) is 3.22. The van der Waals surface area contributed by atoms with Crippen LogP contribution >= 0.6 is 22.9 Å². The minimum absolute atomic E-state index is 0.0558. The summed E-state index contributed by atoms with van der Waals surface area (Å²) in [5.74, 6) is -1.08. The highest BCUT2D eigenvalue weighted by Crippen LogP contribution is 2.14. The third kappa shape index (κ3) is 2.63. The molecule has 0 saturated heterocycles. The van der Waals surface area contributed by atoms with E-state index in [-0.39, 0.29) is 10.7 Å². The van der Waals surface area contributed by atoms with Crippen LogP contribution in [0, 0.1) is 6.92 Å². The number of nitrogens with zero attached hydrogens (tertiary/aromatic N) is 3. The maximum atomic E-state index is 11.6. The molecule has 0 spiro atoms. The Morgan fingerprint density at radius 1 is 1.41 bits per heavy atom.